The Kier molecular flexibility index (Phi) is 21.3. The largest absolute Gasteiger partial charge is 0.504 e. The molecule has 7 aliphatic rings. The Bertz CT molecular complexity index is 6790. The van der Waals surface area contributed by atoms with Gasteiger partial charge in [0.05, 0.1) is 56.0 Å². The summed E-state index contributed by atoms with van der Waals surface area (Å²) in [4.78, 5) is 164. The summed E-state index contributed by atoms with van der Waals surface area (Å²) in [7, 11) is 0. The lowest BCUT2D eigenvalue weighted by Gasteiger charge is -2.49. The molecule has 12 unspecified atom stereocenters. The first kappa shape index (κ1) is 89.9. The van der Waals surface area contributed by atoms with Crippen LogP contribution in [-0.2, 0) is 66.4 Å². The lowest BCUT2D eigenvalue weighted by atomic mass is 9.70. The summed E-state index contributed by atoms with van der Waals surface area (Å²) in [5.41, 5.74) is -20.1. The third-order valence-corrected chi connectivity index (χ3v) is 21.9. The van der Waals surface area contributed by atoms with Crippen molar-refractivity contribution < 1.29 is 262 Å². The zero-order valence-corrected chi connectivity index (χ0v) is 66.0. The Morgan fingerprint density at radius 1 is 0.333 bits per heavy atom. The van der Waals surface area contributed by atoms with Crippen LogP contribution in [0.1, 0.15) is 105 Å². The van der Waals surface area contributed by atoms with Crippen LogP contribution in [0.3, 0.4) is 0 Å². The van der Waals surface area contributed by atoms with Crippen molar-refractivity contribution in [3.63, 3.8) is 0 Å². The molecule has 16 rings (SSSR count). The van der Waals surface area contributed by atoms with Gasteiger partial charge in [0.1, 0.15) is 31.0 Å². The summed E-state index contributed by atoms with van der Waals surface area (Å²) < 4.78 is 80.0. The van der Waals surface area contributed by atoms with Gasteiger partial charge in [0, 0.05) is 39.9 Å². The summed E-state index contributed by atoms with van der Waals surface area (Å²) in [6, 6.07) is 3.40. The van der Waals surface area contributed by atoms with Crippen molar-refractivity contribution in [3.05, 3.63) is 140 Å². The molecule has 2 fully saturated rings. The van der Waals surface area contributed by atoms with Gasteiger partial charge in [0.25, 0.3) is 5.79 Å². The van der Waals surface area contributed by atoms with Gasteiger partial charge in [0.15, 0.2) is 145 Å². The zero-order chi connectivity index (χ0) is 98.0. The van der Waals surface area contributed by atoms with Gasteiger partial charge < -0.3 is 209 Å². The Morgan fingerprint density at radius 2 is 0.711 bits per heavy atom. The predicted molar refractivity (Wildman–Crippen MR) is 411 cm³/mol. The van der Waals surface area contributed by atoms with Gasteiger partial charge in [-0.1, -0.05) is 0 Å². The standard InChI is InChI=1S/C82H56O53/c83-26-1-16(2-27(84)47(26)95)69(109)127-62-38-14-122-72(112)19-7-32(89)50(98)56(104)41(19)43-21(9-34(91)52(100)58(43)106)76(116)134-80(126-38)67(65(62)129-70(110)17-3-28(85)48(96)29(86)4-17)132-78(118)25-11-35(92)53(101)60(108)61(25)124-37-12-23-44(59(107)55(37)103)42-20(8-33(90)51(99)57(42)105)74(114)130-66-63-39(15-123-73(23)113)125-79(133-71(111)18-5-30(87)49(97)31(88)6-18)68(66)131-75(115)22-10-36(93)54(102)64-45(22)46-24(77(117)128-63)13-40(94)82(121,135-64)81(46,119)120/h1-13,38-39,46,62-63,65-68,79-80,83-93,95-108,119-121H,14-15H2. The van der Waals surface area contributed by atoms with E-state index >= 15 is 28.8 Å². The van der Waals surface area contributed by atoms with Gasteiger partial charge in [-0.15, -0.1) is 0 Å². The molecule has 0 radical (unpaired) electrons. The highest BCUT2D eigenvalue weighted by atomic mass is 16.8. The van der Waals surface area contributed by atoms with E-state index < -0.39 is 402 Å². The number of ether oxygens (including phenoxy) is 14. The lowest BCUT2D eigenvalue weighted by molar-refractivity contribution is -0.339. The Balaban J connectivity index is 0.846. The maximum Gasteiger partial charge on any atom is 0.342 e. The number of rotatable bonds is 10. The second-order valence-corrected chi connectivity index (χ2v) is 29.9. The highest BCUT2D eigenvalue weighted by molar-refractivity contribution is 6.12. The van der Waals surface area contributed by atoms with Gasteiger partial charge in [0.2, 0.25) is 70.8 Å². The third kappa shape index (κ3) is 14.4. The Morgan fingerprint density at radius 3 is 1.21 bits per heavy atom. The molecule has 12 atom stereocenters. The lowest BCUT2D eigenvalue weighted by Crippen LogP contribution is -2.70. The van der Waals surface area contributed by atoms with Gasteiger partial charge in [-0.2, -0.15) is 0 Å². The van der Waals surface area contributed by atoms with Gasteiger partial charge >= 0.3 is 65.5 Å². The fourth-order valence-corrected chi connectivity index (χ4v) is 15.4. The summed E-state index contributed by atoms with van der Waals surface area (Å²) in [6.07, 6.45) is -28.7. The van der Waals surface area contributed by atoms with E-state index in [0.29, 0.717) is 42.5 Å². The van der Waals surface area contributed by atoms with Crippen LogP contribution >= 0.6 is 0 Å². The van der Waals surface area contributed by atoms with Crippen molar-refractivity contribution in [1.82, 2.24) is 0 Å². The molecule has 53 heteroatoms. The molecule has 0 saturated carbocycles. The van der Waals surface area contributed by atoms with Crippen LogP contribution in [0.5, 0.6) is 161 Å². The number of fused-ring (bicyclic) bond motifs is 9. The molecule has 0 spiro atoms. The molecule has 0 aromatic heterocycles. The van der Waals surface area contributed by atoms with Gasteiger partial charge in [-0.3, -0.25) is 4.79 Å². The predicted octanol–water partition coefficient (Wildman–Crippen LogP) is 0.965. The molecule has 0 amide bonds. The zero-order valence-electron chi connectivity index (χ0n) is 66.0. The number of cyclic esters (lactones) is 2. The first-order chi connectivity index (χ1) is 63.4. The van der Waals surface area contributed by atoms with Crippen LogP contribution in [0.15, 0.2) is 84.4 Å². The second-order valence-electron chi connectivity index (χ2n) is 29.9. The van der Waals surface area contributed by atoms with Crippen molar-refractivity contribution in [2.75, 3.05) is 13.2 Å². The first-order valence-corrected chi connectivity index (χ1v) is 37.6. The number of phenols is 25. The fourth-order valence-electron chi connectivity index (χ4n) is 15.4. The minimum atomic E-state index is -4.21. The molecule has 53 nitrogen and oxygen atoms in total. The monoisotopic (exact) mass is 1890 g/mol. The highest BCUT2D eigenvalue weighted by Crippen LogP contribution is 2.62. The number of hydrogen-bond acceptors (Lipinski definition) is 53. The molecule has 135 heavy (non-hydrogen) atoms. The summed E-state index contributed by atoms with van der Waals surface area (Å²) in [5, 5.41) is 312. The SMILES string of the molecule is O=C1OC2C3COC(=O)c4cc(Oc5c(C(=O)OC6C7OC(=O)c8cc(O)c(O)c(O)c8-c8c(cc(O)c(O)c8O)C(=O)OCC(O7)C(OC(=O)c7cc(O)c(O)c(O)c7)C6OC(=O)c6cc(O)c(O)c(O)c6)cc(O)c(O)c5O)c(O)c(O)c4-c4c(cc(O)c(O)c4O)C(=O)OC2C(OC(=O)c2cc(O)c(O)c4c2C2C1=CC(=O)C(O)(O4)C2(O)O)C(OC(=O)c1cc(O)c(O)c(O)c1)O3. The first-order valence-electron chi connectivity index (χ1n) is 37.6. The number of hydrogen-bond donors (Lipinski definition) is 28. The molecular weight excluding hydrogens is 1830 g/mol. The number of phenolic OH excluding ortho intramolecular Hbond substituents is 25. The maximum atomic E-state index is 15.7. The van der Waals surface area contributed by atoms with Crippen molar-refractivity contribution in [1.29, 1.82) is 0 Å². The van der Waals surface area contributed by atoms with Crippen molar-refractivity contribution in [2.24, 2.45) is 0 Å². The van der Waals surface area contributed by atoms with E-state index in [2.05, 4.69) is 0 Å². The third-order valence-electron chi connectivity index (χ3n) is 21.9. The van der Waals surface area contributed by atoms with E-state index in [1.807, 2.05) is 0 Å². The molecule has 2 saturated heterocycles. The molecule has 9 aromatic rings. The number of aromatic hydroxyl groups is 25. The Hall–Kier alpha value is -18.5. The van der Waals surface area contributed by atoms with Crippen LogP contribution in [0, 0.1) is 0 Å². The molecule has 28 N–H and O–H groups in total. The van der Waals surface area contributed by atoms with E-state index in [0.717, 1.165) is 0 Å². The average Bonchev–Trinajstić information content (AvgIpc) is 1.37. The molecule has 8 bridgehead atoms. The smallest absolute Gasteiger partial charge is 0.342 e. The number of ketones is 1. The van der Waals surface area contributed by atoms with Crippen LogP contribution in [-0.4, -0.2) is 295 Å². The van der Waals surface area contributed by atoms with Crippen LogP contribution in [0.2, 0.25) is 0 Å². The van der Waals surface area contributed by atoms with Gasteiger partial charge in [-0.25, -0.2) is 47.9 Å². The van der Waals surface area contributed by atoms with Gasteiger partial charge in [-0.05, 0) is 66.7 Å². The fraction of sp³-hybridized carbons (Fsp3) is 0.183. The van der Waals surface area contributed by atoms with E-state index in [1.165, 1.54) is 0 Å². The average molecular weight is 1890 g/mol. The molecule has 6 heterocycles. The highest BCUT2D eigenvalue weighted by Gasteiger charge is 2.71. The van der Waals surface area contributed by atoms with E-state index in [1.54, 1.807) is 0 Å². The second kappa shape index (κ2) is 32.0. The quantitative estimate of drug-likeness (QED) is 0.0392. The number of esters is 10. The number of carbonyl (C=O) groups excluding carboxylic acids is 11. The molecule has 9 aromatic carbocycles. The molecule has 702 valence electrons. The summed E-state index contributed by atoms with van der Waals surface area (Å²) in [6.45, 7) is -3.32. The number of carbonyl (C=O) groups is 11. The van der Waals surface area contributed by atoms with E-state index in [4.69, 9.17) is 66.3 Å². The van der Waals surface area contributed by atoms with Crippen LogP contribution in [0.4, 0.5) is 0 Å². The summed E-state index contributed by atoms with van der Waals surface area (Å²) >= 11 is 0. The number of aliphatic hydroxyl groups is 3. The van der Waals surface area contributed by atoms with Crippen LogP contribution in [0.25, 0.3) is 22.3 Å². The molecule has 1 aliphatic carbocycles. The minimum Gasteiger partial charge on any atom is -0.504 e. The minimum absolute atomic E-state index is 0.0386. The normalized spacial score (nSPS) is 22.5. The van der Waals surface area contributed by atoms with Crippen molar-refractivity contribution >= 4 is 65.5 Å². The maximum absolute atomic E-state index is 15.7. The molecule has 6 aliphatic heterocycles. The van der Waals surface area contributed by atoms with Crippen LogP contribution < -0.4 is 9.47 Å². The summed E-state index contributed by atoms with van der Waals surface area (Å²) in [5.74, 6) is -77.1. The van der Waals surface area contributed by atoms with E-state index in [-0.39, 0.29) is 36.4 Å². The number of benzene rings is 9. The topological polar surface area (TPSA) is 883 Å². The van der Waals surface area contributed by atoms with E-state index in [9.17, 15) is 167 Å². The van der Waals surface area contributed by atoms with Crippen molar-refractivity contribution in [2.45, 2.75) is 78.9 Å². The Labute approximate surface area is 740 Å². The van der Waals surface area contributed by atoms with Crippen molar-refractivity contribution in [3.8, 4) is 183 Å². The molecular formula is C82H56O53.